The fraction of sp³-hybridized carbons (Fsp3) is 0.364. The maximum Gasteiger partial charge on any atom is 0.410 e. The number of carbonyl (C=O) groups excluding carboxylic acids is 2. The van der Waals surface area contributed by atoms with E-state index < -0.39 is 5.60 Å². The lowest BCUT2D eigenvalue weighted by Crippen LogP contribution is -2.55. The Balaban J connectivity index is 1.53. The van der Waals surface area contributed by atoms with Crippen LogP contribution in [0.2, 0.25) is 0 Å². The maximum atomic E-state index is 12.5. The number of rotatable bonds is 5. The Kier molecular flexibility index (Phi) is 6.47. The maximum absolute atomic E-state index is 12.5. The zero-order chi connectivity index (χ0) is 21.0. The molecule has 0 aliphatic carbocycles. The summed E-state index contributed by atoms with van der Waals surface area (Å²) >= 11 is 3.46. The van der Waals surface area contributed by atoms with Gasteiger partial charge in [0, 0.05) is 23.6 Å². The molecule has 154 valence electrons. The van der Waals surface area contributed by atoms with Gasteiger partial charge in [0.2, 0.25) is 5.91 Å². The van der Waals surface area contributed by atoms with E-state index in [1.807, 2.05) is 63.2 Å². The second kappa shape index (κ2) is 8.86. The van der Waals surface area contributed by atoms with Gasteiger partial charge >= 0.3 is 6.09 Å². The summed E-state index contributed by atoms with van der Waals surface area (Å²) in [6.45, 7) is 6.60. The van der Waals surface area contributed by atoms with E-state index in [1.165, 1.54) is 4.90 Å². The highest BCUT2D eigenvalue weighted by molar-refractivity contribution is 9.10. The zero-order valence-electron chi connectivity index (χ0n) is 16.8. The molecule has 0 saturated carbocycles. The van der Waals surface area contributed by atoms with Crippen LogP contribution in [-0.2, 0) is 16.1 Å². The van der Waals surface area contributed by atoms with Crippen LogP contribution in [0.4, 0.5) is 10.5 Å². The number of likely N-dealkylation sites (tertiary alicyclic amines) is 1. The third kappa shape index (κ3) is 5.97. The van der Waals surface area contributed by atoms with E-state index in [9.17, 15) is 9.59 Å². The summed E-state index contributed by atoms with van der Waals surface area (Å²) in [5, 5.41) is 2.91. The van der Waals surface area contributed by atoms with Crippen LogP contribution >= 0.6 is 15.9 Å². The topological polar surface area (TPSA) is 67.9 Å². The highest BCUT2D eigenvalue weighted by atomic mass is 79.9. The fourth-order valence-electron chi connectivity index (χ4n) is 2.79. The van der Waals surface area contributed by atoms with E-state index in [4.69, 9.17) is 9.47 Å². The Morgan fingerprint density at radius 3 is 2.48 bits per heavy atom. The van der Waals surface area contributed by atoms with Crippen LogP contribution in [0.3, 0.4) is 0 Å². The summed E-state index contributed by atoms with van der Waals surface area (Å²) < 4.78 is 11.9. The minimum Gasteiger partial charge on any atom is -0.489 e. The van der Waals surface area contributed by atoms with Gasteiger partial charge in [0.15, 0.2) is 0 Å². The van der Waals surface area contributed by atoms with Gasteiger partial charge in [-0.05, 0) is 54.4 Å². The average molecular weight is 461 g/mol. The molecule has 0 spiro atoms. The van der Waals surface area contributed by atoms with E-state index in [0.717, 1.165) is 10.0 Å². The molecule has 0 radical (unpaired) electrons. The van der Waals surface area contributed by atoms with Crippen molar-refractivity contribution >= 4 is 33.6 Å². The standard InChI is InChI=1S/C22H25BrN2O4/c1-22(2,3)29-21(27)25-12-16(13-25)20(26)24-19-11-17(9-10-18(19)23)28-14-15-7-5-4-6-8-15/h4-11,16H,12-14H2,1-3H3,(H,24,26). The first-order chi connectivity index (χ1) is 13.7. The SMILES string of the molecule is CC(C)(C)OC(=O)N1CC(C(=O)Nc2cc(OCc3ccccc3)ccc2Br)C1. The third-order valence-corrected chi connectivity index (χ3v) is 5.04. The summed E-state index contributed by atoms with van der Waals surface area (Å²) in [5.41, 5.74) is 1.16. The summed E-state index contributed by atoms with van der Waals surface area (Å²) in [4.78, 5) is 26.1. The Bertz CT molecular complexity index is 874. The lowest BCUT2D eigenvalue weighted by atomic mass is 10.00. The van der Waals surface area contributed by atoms with Gasteiger partial charge in [-0.2, -0.15) is 0 Å². The van der Waals surface area contributed by atoms with Crippen molar-refractivity contribution in [3.63, 3.8) is 0 Å². The quantitative estimate of drug-likeness (QED) is 0.693. The normalized spacial score (nSPS) is 14.1. The van der Waals surface area contributed by atoms with Crippen LogP contribution in [0.5, 0.6) is 5.75 Å². The highest BCUT2D eigenvalue weighted by Gasteiger charge is 2.38. The monoisotopic (exact) mass is 460 g/mol. The smallest absolute Gasteiger partial charge is 0.410 e. The van der Waals surface area contributed by atoms with E-state index in [0.29, 0.717) is 31.1 Å². The molecule has 0 atom stereocenters. The third-order valence-electron chi connectivity index (χ3n) is 4.35. The number of hydrogen-bond donors (Lipinski definition) is 1. The Labute approximate surface area is 179 Å². The number of anilines is 1. The van der Waals surface area contributed by atoms with Crippen molar-refractivity contribution in [1.29, 1.82) is 0 Å². The molecule has 2 aromatic rings. The molecule has 0 aromatic heterocycles. The summed E-state index contributed by atoms with van der Waals surface area (Å²) in [6, 6.07) is 15.3. The van der Waals surface area contributed by atoms with Crippen LogP contribution in [0.1, 0.15) is 26.3 Å². The summed E-state index contributed by atoms with van der Waals surface area (Å²) in [6.07, 6.45) is -0.390. The van der Waals surface area contributed by atoms with Crippen LogP contribution in [-0.4, -0.2) is 35.6 Å². The minimum absolute atomic E-state index is 0.134. The molecule has 1 saturated heterocycles. The van der Waals surface area contributed by atoms with Gasteiger partial charge in [0.1, 0.15) is 18.0 Å². The van der Waals surface area contributed by atoms with E-state index >= 15 is 0 Å². The van der Waals surface area contributed by atoms with Gasteiger partial charge in [-0.3, -0.25) is 4.79 Å². The first-order valence-electron chi connectivity index (χ1n) is 9.46. The Morgan fingerprint density at radius 1 is 1.14 bits per heavy atom. The summed E-state index contributed by atoms with van der Waals surface area (Å²) in [5.74, 6) is 0.269. The highest BCUT2D eigenvalue weighted by Crippen LogP contribution is 2.29. The largest absolute Gasteiger partial charge is 0.489 e. The van der Waals surface area contributed by atoms with Gasteiger partial charge < -0.3 is 19.7 Å². The average Bonchev–Trinajstić information content (AvgIpc) is 2.60. The molecular formula is C22H25BrN2O4. The van der Waals surface area contributed by atoms with Crippen LogP contribution in [0.15, 0.2) is 53.0 Å². The van der Waals surface area contributed by atoms with E-state index in [1.54, 1.807) is 6.07 Å². The molecule has 7 heteroatoms. The zero-order valence-corrected chi connectivity index (χ0v) is 18.4. The lowest BCUT2D eigenvalue weighted by Gasteiger charge is -2.38. The van der Waals surface area contributed by atoms with Crippen molar-refractivity contribution in [2.45, 2.75) is 33.0 Å². The molecule has 29 heavy (non-hydrogen) atoms. The van der Waals surface area contributed by atoms with Crippen LogP contribution in [0.25, 0.3) is 0 Å². The Hall–Kier alpha value is -2.54. The van der Waals surface area contributed by atoms with Gasteiger partial charge in [-0.1, -0.05) is 30.3 Å². The predicted octanol–water partition coefficient (Wildman–Crippen LogP) is 4.83. The van der Waals surface area contributed by atoms with Gasteiger partial charge in [-0.15, -0.1) is 0 Å². The molecule has 1 aliphatic heterocycles. The number of benzene rings is 2. The van der Waals surface area contributed by atoms with Crippen molar-refractivity contribution < 1.29 is 19.1 Å². The van der Waals surface area contributed by atoms with Crippen molar-refractivity contribution in [2.75, 3.05) is 18.4 Å². The molecule has 1 fully saturated rings. The number of carbonyl (C=O) groups is 2. The fourth-order valence-corrected chi connectivity index (χ4v) is 3.13. The molecule has 0 bridgehead atoms. The van der Waals surface area contributed by atoms with E-state index in [2.05, 4.69) is 21.2 Å². The lowest BCUT2D eigenvalue weighted by molar-refractivity contribution is -0.124. The molecule has 2 amide bonds. The number of amides is 2. The van der Waals surface area contributed by atoms with Crippen molar-refractivity contribution in [1.82, 2.24) is 4.90 Å². The second-order valence-corrected chi connectivity index (χ2v) is 8.84. The van der Waals surface area contributed by atoms with E-state index in [-0.39, 0.29) is 17.9 Å². The van der Waals surface area contributed by atoms with Crippen molar-refractivity contribution in [3.8, 4) is 5.75 Å². The first kappa shape index (κ1) is 21.2. The number of halogens is 1. The van der Waals surface area contributed by atoms with Crippen LogP contribution in [0, 0.1) is 5.92 Å². The number of nitrogens with zero attached hydrogens (tertiary/aromatic N) is 1. The molecule has 2 aromatic carbocycles. The number of nitrogens with one attached hydrogen (secondary N) is 1. The molecular weight excluding hydrogens is 436 g/mol. The van der Waals surface area contributed by atoms with Gasteiger partial charge in [0.25, 0.3) is 0 Å². The molecule has 0 unspecified atom stereocenters. The van der Waals surface area contributed by atoms with Crippen molar-refractivity contribution in [3.05, 3.63) is 58.6 Å². The molecule has 6 nitrogen and oxygen atoms in total. The predicted molar refractivity (Wildman–Crippen MR) is 115 cm³/mol. The molecule has 1 heterocycles. The van der Waals surface area contributed by atoms with Crippen molar-refractivity contribution in [2.24, 2.45) is 5.92 Å². The van der Waals surface area contributed by atoms with Gasteiger partial charge in [0.05, 0.1) is 11.6 Å². The first-order valence-corrected chi connectivity index (χ1v) is 10.3. The molecule has 3 rings (SSSR count). The number of ether oxygens (including phenoxy) is 2. The summed E-state index contributed by atoms with van der Waals surface area (Å²) in [7, 11) is 0. The Morgan fingerprint density at radius 2 is 1.83 bits per heavy atom. The molecule has 1 N–H and O–H groups in total. The second-order valence-electron chi connectivity index (χ2n) is 7.99. The van der Waals surface area contributed by atoms with Crippen LogP contribution < -0.4 is 10.1 Å². The molecule has 1 aliphatic rings. The minimum atomic E-state index is -0.546. The van der Waals surface area contributed by atoms with Gasteiger partial charge in [-0.25, -0.2) is 4.79 Å². The number of hydrogen-bond acceptors (Lipinski definition) is 4.